The van der Waals surface area contributed by atoms with Crippen LogP contribution in [0.3, 0.4) is 0 Å². The minimum absolute atomic E-state index is 0.140. The van der Waals surface area contributed by atoms with Gasteiger partial charge in [-0.1, -0.05) is 23.2 Å². The number of aromatic nitrogens is 1. The fourth-order valence-electron chi connectivity index (χ4n) is 2.25. The molecule has 0 unspecified atom stereocenters. The molecule has 21 heavy (non-hydrogen) atoms. The number of rotatable bonds is 3. The summed E-state index contributed by atoms with van der Waals surface area (Å²) in [7, 11) is 1.59. The first kappa shape index (κ1) is 14.0. The number of aromatic amines is 1. The first-order valence-electron chi connectivity index (χ1n) is 6.24. The predicted octanol–water partition coefficient (Wildman–Crippen LogP) is 4.71. The van der Waals surface area contributed by atoms with Crippen LogP contribution < -0.4 is 4.74 Å². The largest absolute Gasteiger partial charge is 0.497 e. The van der Waals surface area contributed by atoms with Gasteiger partial charge >= 0.3 is 0 Å². The Labute approximate surface area is 131 Å². The van der Waals surface area contributed by atoms with Crippen molar-refractivity contribution in [2.24, 2.45) is 0 Å². The molecule has 0 saturated heterocycles. The molecule has 0 aliphatic rings. The van der Waals surface area contributed by atoms with Crippen molar-refractivity contribution in [2.75, 3.05) is 7.11 Å². The number of methoxy groups -OCH3 is 1. The second-order valence-electron chi connectivity index (χ2n) is 4.60. The maximum absolute atomic E-state index is 12.6. The molecule has 1 N–H and O–H groups in total. The van der Waals surface area contributed by atoms with Crippen molar-refractivity contribution >= 4 is 39.9 Å². The number of hydrogen-bond acceptors (Lipinski definition) is 2. The van der Waals surface area contributed by atoms with Crippen LogP contribution in [0, 0.1) is 0 Å². The summed E-state index contributed by atoms with van der Waals surface area (Å²) >= 11 is 11.9. The van der Waals surface area contributed by atoms with Crippen molar-refractivity contribution in [3.8, 4) is 5.75 Å². The average molecular weight is 320 g/mol. The number of carbonyl (C=O) groups excluding carboxylic acids is 1. The molecule has 1 heterocycles. The van der Waals surface area contributed by atoms with Gasteiger partial charge in [-0.15, -0.1) is 0 Å². The lowest BCUT2D eigenvalue weighted by Gasteiger charge is -2.03. The predicted molar refractivity (Wildman–Crippen MR) is 84.7 cm³/mol. The summed E-state index contributed by atoms with van der Waals surface area (Å²) in [6.45, 7) is 0. The van der Waals surface area contributed by atoms with Crippen LogP contribution in [0.2, 0.25) is 10.0 Å². The number of nitrogens with one attached hydrogen (secondary N) is 1. The van der Waals surface area contributed by atoms with Crippen LogP contribution in [0.4, 0.5) is 0 Å². The zero-order chi connectivity index (χ0) is 15.0. The van der Waals surface area contributed by atoms with E-state index in [1.807, 2.05) is 18.2 Å². The topological polar surface area (TPSA) is 42.1 Å². The Morgan fingerprint density at radius 1 is 1.10 bits per heavy atom. The Hall–Kier alpha value is -1.97. The maximum Gasteiger partial charge on any atom is 0.195 e. The standard InChI is InChI=1S/C16H11Cl2NO2/c1-21-12-2-3-15-13(7-12)14(8-19-15)16(20)9-4-10(17)6-11(18)5-9/h2-8,19H,1H3. The van der Waals surface area contributed by atoms with Crippen LogP contribution in [0.15, 0.2) is 42.6 Å². The molecule has 0 atom stereocenters. The second kappa shape index (κ2) is 5.43. The summed E-state index contributed by atoms with van der Waals surface area (Å²) in [5.41, 5.74) is 1.88. The number of ether oxygens (including phenoxy) is 1. The monoisotopic (exact) mass is 319 g/mol. The molecule has 1 aromatic heterocycles. The molecule has 0 bridgehead atoms. The van der Waals surface area contributed by atoms with Gasteiger partial charge in [0.25, 0.3) is 0 Å². The van der Waals surface area contributed by atoms with E-state index in [0.29, 0.717) is 26.9 Å². The lowest BCUT2D eigenvalue weighted by Crippen LogP contribution is -2.00. The zero-order valence-corrected chi connectivity index (χ0v) is 12.6. The number of hydrogen-bond donors (Lipinski definition) is 1. The molecule has 0 spiro atoms. The fraction of sp³-hybridized carbons (Fsp3) is 0.0625. The Morgan fingerprint density at radius 3 is 2.48 bits per heavy atom. The molecule has 106 valence electrons. The van der Waals surface area contributed by atoms with Gasteiger partial charge in [-0.25, -0.2) is 0 Å². The number of fused-ring (bicyclic) bond motifs is 1. The van der Waals surface area contributed by atoms with E-state index in [4.69, 9.17) is 27.9 Å². The number of carbonyl (C=O) groups is 1. The summed E-state index contributed by atoms with van der Waals surface area (Å²) in [4.78, 5) is 15.7. The number of benzene rings is 2. The van der Waals surface area contributed by atoms with E-state index in [-0.39, 0.29) is 5.78 Å². The summed E-state index contributed by atoms with van der Waals surface area (Å²) in [6.07, 6.45) is 1.68. The molecule has 2 aromatic carbocycles. The smallest absolute Gasteiger partial charge is 0.195 e. The van der Waals surface area contributed by atoms with Gasteiger partial charge in [0.1, 0.15) is 5.75 Å². The van der Waals surface area contributed by atoms with Gasteiger partial charge < -0.3 is 9.72 Å². The Bertz CT molecular complexity index is 819. The maximum atomic E-state index is 12.6. The van der Waals surface area contributed by atoms with E-state index in [1.165, 1.54) is 0 Å². The van der Waals surface area contributed by atoms with E-state index in [9.17, 15) is 4.79 Å². The molecule has 3 rings (SSSR count). The first-order chi connectivity index (χ1) is 10.1. The quantitative estimate of drug-likeness (QED) is 0.710. The van der Waals surface area contributed by atoms with Gasteiger partial charge in [0.05, 0.1) is 7.11 Å². The van der Waals surface area contributed by atoms with Crippen molar-refractivity contribution in [1.82, 2.24) is 4.98 Å². The summed E-state index contributed by atoms with van der Waals surface area (Å²) in [6, 6.07) is 10.3. The first-order valence-corrected chi connectivity index (χ1v) is 7.00. The molecular formula is C16H11Cl2NO2. The second-order valence-corrected chi connectivity index (χ2v) is 5.47. The molecule has 0 radical (unpaired) electrons. The number of ketones is 1. The molecule has 0 aliphatic carbocycles. The normalized spacial score (nSPS) is 10.8. The van der Waals surface area contributed by atoms with E-state index < -0.39 is 0 Å². The third kappa shape index (κ3) is 2.62. The van der Waals surface area contributed by atoms with Crippen LogP contribution in [-0.4, -0.2) is 17.9 Å². The van der Waals surface area contributed by atoms with E-state index in [0.717, 1.165) is 10.9 Å². The third-order valence-electron chi connectivity index (χ3n) is 3.26. The van der Waals surface area contributed by atoms with Crippen molar-refractivity contribution in [3.05, 3.63) is 63.8 Å². The van der Waals surface area contributed by atoms with Crippen LogP contribution >= 0.6 is 23.2 Å². The molecule has 3 aromatic rings. The molecular weight excluding hydrogens is 309 g/mol. The highest BCUT2D eigenvalue weighted by Gasteiger charge is 2.16. The number of halogens is 2. The summed E-state index contributed by atoms with van der Waals surface area (Å²) in [5.74, 6) is 0.555. The van der Waals surface area contributed by atoms with Crippen LogP contribution in [0.1, 0.15) is 15.9 Å². The molecule has 0 amide bonds. The Kier molecular flexibility index (Phi) is 3.62. The van der Waals surface area contributed by atoms with Crippen LogP contribution in [-0.2, 0) is 0 Å². The Morgan fingerprint density at radius 2 is 1.81 bits per heavy atom. The van der Waals surface area contributed by atoms with E-state index >= 15 is 0 Å². The number of H-pyrrole nitrogens is 1. The SMILES string of the molecule is COc1ccc2[nH]cc(C(=O)c3cc(Cl)cc(Cl)c3)c2c1. The van der Waals surface area contributed by atoms with Crippen molar-refractivity contribution < 1.29 is 9.53 Å². The minimum Gasteiger partial charge on any atom is -0.497 e. The fourth-order valence-corrected chi connectivity index (χ4v) is 2.78. The van der Waals surface area contributed by atoms with Gasteiger partial charge in [0.2, 0.25) is 0 Å². The molecule has 5 heteroatoms. The highest BCUT2D eigenvalue weighted by molar-refractivity contribution is 6.35. The zero-order valence-electron chi connectivity index (χ0n) is 11.1. The highest BCUT2D eigenvalue weighted by atomic mass is 35.5. The van der Waals surface area contributed by atoms with Gasteiger partial charge in [-0.05, 0) is 36.4 Å². The highest BCUT2D eigenvalue weighted by Crippen LogP contribution is 2.27. The summed E-state index contributed by atoms with van der Waals surface area (Å²) in [5, 5.41) is 1.67. The molecule has 0 fully saturated rings. The van der Waals surface area contributed by atoms with E-state index in [1.54, 1.807) is 31.5 Å². The van der Waals surface area contributed by atoms with Crippen LogP contribution in [0.5, 0.6) is 5.75 Å². The lowest BCUT2D eigenvalue weighted by atomic mass is 10.0. The van der Waals surface area contributed by atoms with Crippen LogP contribution in [0.25, 0.3) is 10.9 Å². The minimum atomic E-state index is -0.140. The third-order valence-corrected chi connectivity index (χ3v) is 3.69. The Balaban J connectivity index is 2.13. The van der Waals surface area contributed by atoms with Gasteiger partial charge in [-0.2, -0.15) is 0 Å². The molecule has 3 nitrogen and oxygen atoms in total. The molecule has 0 aliphatic heterocycles. The van der Waals surface area contributed by atoms with Gasteiger partial charge in [0, 0.05) is 38.3 Å². The van der Waals surface area contributed by atoms with E-state index in [2.05, 4.69) is 4.98 Å². The van der Waals surface area contributed by atoms with Crippen molar-refractivity contribution in [1.29, 1.82) is 0 Å². The van der Waals surface area contributed by atoms with Crippen molar-refractivity contribution in [2.45, 2.75) is 0 Å². The molecule has 0 saturated carbocycles. The summed E-state index contributed by atoms with van der Waals surface area (Å²) < 4.78 is 5.20. The van der Waals surface area contributed by atoms with Crippen molar-refractivity contribution in [3.63, 3.8) is 0 Å². The van der Waals surface area contributed by atoms with Gasteiger partial charge in [0.15, 0.2) is 5.78 Å². The van der Waals surface area contributed by atoms with Gasteiger partial charge in [-0.3, -0.25) is 4.79 Å². The lowest BCUT2D eigenvalue weighted by molar-refractivity contribution is 0.104. The average Bonchev–Trinajstić information content (AvgIpc) is 2.88.